The Morgan fingerprint density at radius 2 is 1.90 bits per heavy atom. The molecule has 20 heavy (non-hydrogen) atoms. The molecular formula is C16H19FN2O. The van der Waals surface area contributed by atoms with Crippen LogP contribution in [0.4, 0.5) is 4.39 Å². The molecule has 0 radical (unpaired) electrons. The van der Waals surface area contributed by atoms with Crippen LogP contribution in [0.1, 0.15) is 23.7 Å². The fourth-order valence-electron chi connectivity index (χ4n) is 2.12. The van der Waals surface area contributed by atoms with Gasteiger partial charge in [0.25, 0.3) is 0 Å². The van der Waals surface area contributed by atoms with Gasteiger partial charge >= 0.3 is 0 Å². The van der Waals surface area contributed by atoms with Gasteiger partial charge in [-0.15, -0.1) is 0 Å². The summed E-state index contributed by atoms with van der Waals surface area (Å²) in [5.74, 6) is -0.350. The molecule has 0 spiro atoms. The highest BCUT2D eigenvalue weighted by atomic mass is 19.1. The lowest BCUT2D eigenvalue weighted by Gasteiger charge is -2.19. The highest BCUT2D eigenvalue weighted by Gasteiger charge is 2.12. The summed E-state index contributed by atoms with van der Waals surface area (Å²) in [5.41, 5.74) is 1.53. The molecule has 0 aliphatic carbocycles. The molecular weight excluding hydrogens is 255 g/mol. The van der Waals surface area contributed by atoms with E-state index in [1.165, 1.54) is 11.6 Å². The van der Waals surface area contributed by atoms with Crippen LogP contribution in [0.2, 0.25) is 0 Å². The van der Waals surface area contributed by atoms with Crippen LogP contribution >= 0.6 is 0 Å². The average Bonchev–Trinajstić information content (AvgIpc) is 2.46. The highest BCUT2D eigenvalue weighted by Crippen LogP contribution is 2.20. The summed E-state index contributed by atoms with van der Waals surface area (Å²) in [5, 5.41) is 10.0. The zero-order chi connectivity index (χ0) is 14.4. The van der Waals surface area contributed by atoms with Gasteiger partial charge < -0.3 is 10.0 Å². The lowest BCUT2D eigenvalue weighted by Crippen LogP contribution is -2.21. The van der Waals surface area contributed by atoms with E-state index in [-0.39, 0.29) is 5.82 Å². The van der Waals surface area contributed by atoms with Crippen molar-refractivity contribution < 1.29 is 9.50 Å². The molecule has 0 bridgehead atoms. The molecule has 3 nitrogen and oxygen atoms in total. The minimum atomic E-state index is -0.768. The van der Waals surface area contributed by atoms with Crippen molar-refractivity contribution in [3.63, 3.8) is 0 Å². The Bertz CT molecular complexity index is 533. The van der Waals surface area contributed by atoms with E-state index in [9.17, 15) is 9.50 Å². The molecule has 2 aromatic rings. The number of hydrogen-bond acceptors (Lipinski definition) is 3. The minimum Gasteiger partial charge on any atom is -0.388 e. The van der Waals surface area contributed by atoms with Crippen LogP contribution in [0.25, 0.3) is 0 Å². The van der Waals surface area contributed by atoms with Crippen LogP contribution in [0.15, 0.2) is 48.8 Å². The van der Waals surface area contributed by atoms with E-state index in [1.54, 1.807) is 30.6 Å². The Kier molecular flexibility index (Phi) is 5.21. The van der Waals surface area contributed by atoms with E-state index in [2.05, 4.69) is 9.88 Å². The second-order valence-electron chi connectivity index (χ2n) is 4.92. The fourth-order valence-corrected chi connectivity index (χ4v) is 2.12. The van der Waals surface area contributed by atoms with Gasteiger partial charge in [-0.2, -0.15) is 0 Å². The number of pyridine rings is 1. The van der Waals surface area contributed by atoms with Gasteiger partial charge in [-0.05, 0) is 37.2 Å². The Hall–Kier alpha value is -1.78. The molecule has 0 aliphatic heterocycles. The lowest BCUT2D eigenvalue weighted by atomic mass is 10.1. The molecule has 0 fully saturated rings. The summed E-state index contributed by atoms with van der Waals surface area (Å²) >= 11 is 0. The number of aromatic nitrogens is 1. The second kappa shape index (κ2) is 7.12. The maximum Gasteiger partial charge on any atom is 0.128 e. The first-order chi connectivity index (χ1) is 9.66. The average molecular weight is 274 g/mol. The standard InChI is InChI=1S/C16H19FN2O/c1-19(12-13-6-9-18-10-7-13)11-8-16(20)14-4-2-3-5-15(14)17/h2-7,9-10,16,20H,8,11-12H2,1H3. The molecule has 0 amide bonds. The fraction of sp³-hybridized carbons (Fsp3) is 0.312. The quantitative estimate of drug-likeness (QED) is 0.880. The Morgan fingerprint density at radius 1 is 1.20 bits per heavy atom. The Balaban J connectivity index is 1.84. The molecule has 1 aromatic carbocycles. The van der Waals surface area contributed by atoms with Crippen LogP contribution in [-0.4, -0.2) is 28.6 Å². The number of halogens is 1. The number of rotatable bonds is 6. The van der Waals surface area contributed by atoms with Crippen LogP contribution in [0.5, 0.6) is 0 Å². The predicted octanol–water partition coefficient (Wildman–Crippen LogP) is 2.78. The first-order valence-corrected chi connectivity index (χ1v) is 6.67. The molecule has 1 atom stereocenters. The first-order valence-electron chi connectivity index (χ1n) is 6.67. The van der Waals surface area contributed by atoms with Crippen molar-refractivity contribution in [2.75, 3.05) is 13.6 Å². The monoisotopic (exact) mass is 274 g/mol. The maximum absolute atomic E-state index is 13.5. The topological polar surface area (TPSA) is 36.4 Å². The third-order valence-corrected chi connectivity index (χ3v) is 3.25. The Labute approximate surface area is 118 Å². The third-order valence-electron chi connectivity index (χ3n) is 3.25. The van der Waals surface area contributed by atoms with Gasteiger partial charge in [0.05, 0.1) is 6.10 Å². The molecule has 0 saturated heterocycles. The second-order valence-corrected chi connectivity index (χ2v) is 4.92. The molecule has 106 valence electrons. The van der Waals surface area contributed by atoms with E-state index in [0.717, 1.165) is 6.54 Å². The highest BCUT2D eigenvalue weighted by molar-refractivity contribution is 5.19. The molecule has 4 heteroatoms. The number of aliphatic hydroxyl groups excluding tert-OH is 1. The van der Waals surface area contributed by atoms with E-state index < -0.39 is 6.10 Å². The molecule has 1 N–H and O–H groups in total. The smallest absolute Gasteiger partial charge is 0.128 e. The number of aliphatic hydroxyl groups is 1. The molecule has 1 unspecified atom stereocenters. The van der Waals surface area contributed by atoms with Crippen molar-refractivity contribution in [2.24, 2.45) is 0 Å². The SMILES string of the molecule is CN(CCC(O)c1ccccc1F)Cc1ccncc1. The number of nitrogens with zero attached hydrogens (tertiary/aromatic N) is 2. The summed E-state index contributed by atoms with van der Waals surface area (Å²) in [4.78, 5) is 6.07. The summed E-state index contributed by atoms with van der Waals surface area (Å²) in [6.07, 6.45) is 3.26. The summed E-state index contributed by atoms with van der Waals surface area (Å²) in [6.45, 7) is 1.48. The van der Waals surface area contributed by atoms with Crippen molar-refractivity contribution in [3.8, 4) is 0 Å². The van der Waals surface area contributed by atoms with Crippen molar-refractivity contribution in [3.05, 3.63) is 65.7 Å². The molecule has 1 heterocycles. The molecule has 1 aromatic heterocycles. The minimum absolute atomic E-state index is 0.350. The summed E-state index contributed by atoms with van der Waals surface area (Å²) < 4.78 is 13.5. The number of benzene rings is 1. The summed E-state index contributed by atoms with van der Waals surface area (Å²) in [6, 6.07) is 10.3. The van der Waals surface area contributed by atoms with Gasteiger partial charge in [0.2, 0.25) is 0 Å². The molecule has 0 aliphatic rings. The van der Waals surface area contributed by atoms with Crippen LogP contribution < -0.4 is 0 Å². The van der Waals surface area contributed by atoms with Crippen molar-refractivity contribution >= 4 is 0 Å². The first kappa shape index (κ1) is 14.6. The van der Waals surface area contributed by atoms with Crippen molar-refractivity contribution in [1.82, 2.24) is 9.88 Å². The maximum atomic E-state index is 13.5. The van der Waals surface area contributed by atoms with Crippen molar-refractivity contribution in [2.45, 2.75) is 19.1 Å². The third kappa shape index (κ3) is 4.11. The summed E-state index contributed by atoms with van der Waals surface area (Å²) in [7, 11) is 1.98. The van der Waals surface area contributed by atoms with Gasteiger partial charge in [-0.1, -0.05) is 18.2 Å². The van der Waals surface area contributed by atoms with Gasteiger partial charge in [-0.25, -0.2) is 4.39 Å². The normalized spacial score (nSPS) is 12.6. The van der Waals surface area contributed by atoms with Gasteiger partial charge in [0.1, 0.15) is 5.82 Å². The van der Waals surface area contributed by atoms with Crippen LogP contribution in [0.3, 0.4) is 0 Å². The molecule has 0 saturated carbocycles. The van der Waals surface area contributed by atoms with E-state index in [1.807, 2.05) is 19.2 Å². The van der Waals surface area contributed by atoms with Crippen LogP contribution in [0, 0.1) is 5.82 Å². The zero-order valence-electron chi connectivity index (χ0n) is 11.5. The van der Waals surface area contributed by atoms with Crippen LogP contribution in [-0.2, 0) is 6.54 Å². The van der Waals surface area contributed by atoms with Gasteiger partial charge in [-0.3, -0.25) is 4.98 Å². The molecule has 2 rings (SSSR count). The van der Waals surface area contributed by atoms with E-state index >= 15 is 0 Å². The van der Waals surface area contributed by atoms with E-state index in [0.29, 0.717) is 18.5 Å². The lowest BCUT2D eigenvalue weighted by molar-refractivity contribution is 0.144. The van der Waals surface area contributed by atoms with Gasteiger partial charge in [0.15, 0.2) is 0 Å². The predicted molar refractivity (Wildman–Crippen MR) is 76.5 cm³/mol. The Morgan fingerprint density at radius 3 is 2.60 bits per heavy atom. The zero-order valence-corrected chi connectivity index (χ0v) is 11.5. The number of hydrogen-bond donors (Lipinski definition) is 1. The van der Waals surface area contributed by atoms with E-state index in [4.69, 9.17) is 0 Å². The largest absolute Gasteiger partial charge is 0.388 e. The van der Waals surface area contributed by atoms with Crippen molar-refractivity contribution in [1.29, 1.82) is 0 Å². The van der Waals surface area contributed by atoms with Gasteiger partial charge in [0, 0.05) is 31.0 Å².